The Morgan fingerprint density at radius 1 is 1.14 bits per heavy atom. The van der Waals surface area contributed by atoms with Crippen LogP contribution in [0.25, 0.3) is 10.2 Å². The molecule has 0 saturated carbocycles. The second-order valence-corrected chi connectivity index (χ2v) is 7.07. The van der Waals surface area contributed by atoms with Gasteiger partial charge in [0.25, 0.3) is 5.91 Å². The number of rotatable bonds is 5. The highest BCUT2D eigenvalue weighted by Gasteiger charge is 2.16. The van der Waals surface area contributed by atoms with E-state index in [2.05, 4.69) is 4.99 Å². The van der Waals surface area contributed by atoms with Crippen molar-refractivity contribution in [3.05, 3.63) is 41.2 Å². The van der Waals surface area contributed by atoms with Gasteiger partial charge in [0, 0.05) is 18.7 Å². The minimum Gasteiger partial charge on any atom is -0.497 e. The molecule has 0 bridgehead atoms. The summed E-state index contributed by atoms with van der Waals surface area (Å²) in [4.78, 5) is 17.2. The molecule has 3 aromatic rings. The van der Waals surface area contributed by atoms with Crippen LogP contribution in [0.2, 0.25) is 0 Å². The summed E-state index contributed by atoms with van der Waals surface area (Å²) >= 11 is 1.44. The van der Waals surface area contributed by atoms with Crippen molar-refractivity contribution in [2.75, 3.05) is 26.9 Å². The van der Waals surface area contributed by atoms with Crippen molar-refractivity contribution in [3.63, 3.8) is 0 Å². The van der Waals surface area contributed by atoms with Gasteiger partial charge in [0.15, 0.2) is 22.9 Å². The maximum absolute atomic E-state index is 12.3. The van der Waals surface area contributed by atoms with Gasteiger partial charge in [0.05, 0.1) is 17.3 Å². The lowest BCUT2D eigenvalue weighted by molar-refractivity contribution is -0.120. The minimum atomic E-state index is -0.346. The van der Waals surface area contributed by atoms with Gasteiger partial charge >= 0.3 is 0 Å². The number of fused-ring (bicyclic) bond motifs is 2. The van der Waals surface area contributed by atoms with E-state index in [1.807, 2.05) is 23.6 Å². The second kappa shape index (κ2) is 7.93. The molecule has 4 rings (SSSR count). The number of carbonyl (C=O) groups is 1. The molecule has 2 heterocycles. The van der Waals surface area contributed by atoms with Crippen molar-refractivity contribution >= 4 is 27.5 Å². The molecular formula is C20H20N2O5S. The van der Waals surface area contributed by atoms with E-state index < -0.39 is 0 Å². The topological polar surface area (TPSA) is 71.3 Å². The normalized spacial score (nSPS) is 13.6. The Morgan fingerprint density at radius 3 is 2.50 bits per heavy atom. The average molecular weight is 400 g/mol. The zero-order valence-electron chi connectivity index (χ0n) is 15.6. The zero-order valence-corrected chi connectivity index (χ0v) is 16.5. The van der Waals surface area contributed by atoms with E-state index in [-0.39, 0.29) is 12.5 Å². The van der Waals surface area contributed by atoms with Crippen LogP contribution in [0.1, 0.15) is 6.92 Å². The fourth-order valence-electron chi connectivity index (χ4n) is 2.95. The number of aromatic nitrogens is 1. The lowest BCUT2D eigenvalue weighted by Crippen LogP contribution is -2.19. The summed E-state index contributed by atoms with van der Waals surface area (Å²) in [6, 6.07) is 10.9. The Kier molecular flexibility index (Phi) is 5.21. The molecule has 0 radical (unpaired) electrons. The molecule has 1 aliphatic heterocycles. The van der Waals surface area contributed by atoms with Gasteiger partial charge in [-0.2, -0.15) is 4.99 Å². The Labute approximate surface area is 165 Å². The molecule has 0 atom stereocenters. The number of amides is 1. The Hall–Kier alpha value is -3.00. The molecular weight excluding hydrogens is 380 g/mol. The first kappa shape index (κ1) is 18.4. The fourth-order valence-corrected chi connectivity index (χ4v) is 4.07. The predicted molar refractivity (Wildman–Crippen MR) is 106 cm³/mol. The highest BCUT2D eigenvalue weighted by molar-refractivity contribution is 7.16. The first-order chi connectivity index (χ1) is 13.7. The lowest BCUT2D eigenvalue weighted by Gasteiger charge is -2.18. The van der Waals surface area contributed by atoms with Crippen LogP contribution < -0.4 is 23.7 Å². The molecule has 1 amide bonds. The summed E-state index contributed by atoms with van der Waals surface area (Å²) in [5.74, 6) is 2.42. The van der Waals surface area contributed by atoms with Crippen LogP contribution in [0.3, 0.4) is 0 Å². The summed E-state index contributed by atoms with van der Waals surface area (Å²) in [7, 11) is 1.60. The molecule has 0 unspecified atom stereocenters. The standard InChI is InChI=1S/C20H20N2O5S/c1-3-22-15-10-16-17(26-9-8-25-16)11-18(15)28-20(22)21-19(23)12-27-14-6-4-13(24-2)5-7-14/h4-7,10-11H,3,8-9,12H2,1-2H3. The number of thiazole rings is 1. The summed E-state index contributed by atoms with van der Waals surface area (Å²) in [6.45, 7) is 3.64. The van der Waals surface area contributed by atoms with Crippen molar-refractivity contribution in [1.29, 1.82) is 0 Å². The number of hydrogen-bond acceptors (Lipinski definition) is 6. The van der Waals surface area contributed by atoms with E-state index in [9.17, 15) is 4.79 Å². The van der Waals surface area contributed by atoms with Crippen molar-refractivity contribution in [1.82, 2.24) is 4.57 Å². The SMILES string of the molecule is CCn1c(=NC(=O)COc2ccc(OC)cc2)sc2cc3c(cc21)OCCO3. The molecule has 0 spiro atoms. The number of nitrogens with zero attached hydrogens (tertiary/aromatic N) is 2. The van der Waals surface area contributed by atoms with Gasteiger partial charge in [-0.15, -0.1) is 0 Å². The molecule has 0 aliphatic carbocycles. The van der Waals surface area contributed by atoms with Crippen LogP contribution in [0.5, 0.6) is 23.0 Å². The summed E-state index contributed by atoms with van der Waals surface area (Å²) < 4.78 is 24.9. The quantitative estimate of drug-likeness (QED) is 0.658. The van der Waals surface area contributed by atoms with Gasteiger partial charge < -0.3 is 23.5 Å². The zero-order chi connectivity index (χ0) is 19.5. The first-order valence-electron chi connectivity index (χ1n) is 8.95. The smallest absolute Gasteiger partial charge is 0.286 e. The van der Waals surface area contributed by atoms with Gasteiger partial charge in [0.1, 0.15) is 24.7 Å². The van der Waals surface area contributed by atoms with Gasteiger partial charge in [-0.05, 0) is 31.2 Å². The van der Waals surface area contributed by atoms with Crippen LogP contribution in [-0.2, 0) is 11.3 Å². The van der Waals surface area contributed by atoms with Crippen LogP contribution in [-0.4, -0.2) is 37.4 Å². The fraction of sp³-hybridized carbons (Fsp3) is 0.300. The van der Waals surface area contributed by atoms with Crippen LogP contribution in [0.15, 0.2) is 41.4 Å². The average Bonchev–Trinajstić information content (AvgIpc) is 3.06. The van der Waals surface area contributed by atoms with E-state index in [4.69, 9.17) is 18.9 Å². The molecule has 0 N–H and O–H groups in total. The molecule has 1 aromatic heterocycles. The number of ether oxygens (including phenoxy) is 4. The molecule has 146 valence electrons. The monoisotopic (exact) mass is 400 g/mol. The van der Waals surface area contributed by atoms with Crippen molar-refractivity contribution in [2.45, 2.75) is 13.5 Å². The molecule has 0 fully saturated rings. The van der Waals surface area contributed by atoms with Gasteiger partial charge in [0.2, 0.25) is 0 Å². The van der Waals surface area contributed by atoms with Crippen molar-refractivity contribution in [2.24, 2.45) is 4.99 Å². The third kappa shape index (κ3) is 3.68. The minimum absolute atomic E-state index is 0.132. The molecule has 8 heteroatoms. The van der Waals surface area contributed by atoms with Crippen molar-refractivity contribution < 1.29 is 23.7 Å². The number of hydrogen-bond donors (Lipinski definition) is 0. The van der Waals surface area contributed by atoms with E-state index in [1.165, 1.54) is 11.3 Å². The van der Waals surface area contributed by atoms with E-state index in [1.54, 1.807) is 31.4 Å². The third-order valence-corrected chi connectivity index (χ3v) is 5.35. The van der Waals surface area contributed by atoms with Crippen LogP contribution >= 0.6 is 11.3 Å². The maximum atomic E-state index is 12.3. The van der Waals surface area contributed by atoms with Gasteiger partial charge in [-0.1, -0.05) is 11.3 Å². The van der Waals surface area contributed by atoms with E-state index >= 15 is 0 Å². The molecule has 7 nitrogen and oxygen atoms in total. The Morgan fingerprint density at radius 2 is 1.82 bits per heavy atom. The molecule has 0 saturated heterocycles. The molecule has 1 aliphatic rings. The van der Waals surface area contributed by atoms with Crippen LogP contribution in [0.4, 0.5) is 0 Å². The Balaban J connectivity index is 1.57. The Bertz CT molecular complexity index is 1070. The number of carbonyl (C=O) groups excluding carboxylic acids is 1. The lowest BCUT2D eigenvalue weighted by atomic mass is 10.2. The van der Waals surface area contributed by atoms with Crippen LogP contribution in [0, 0.1) is 0 Å². The highest BCUT2D eigenvalue weighted by Crippen LogP contribution is 2.35. The molecule has 28 heavy (non-hydrogen) atoms. The largest absolute Gasteiger partial charge is 0.497 e. The van der Waals surface area contributed by atoms with E-state index in [0.717, 1.165) is 27.5 Å². The maximum Gasteiger partial charge on any atom is 0.286 e. The third-order valence-electron chi connectivity index (χ3n) is 4.31. The van der Waals surface area contributed by atoms with E-state index in [0.29, 0.717) is 30.3 Å². The number of methoxy groups -OCH3 is 1. The van der Waals surface area contributed by atoms with Crippen molar-refractivity contribution in [3.8, 4) is 23.0 Å². The first-order valence-corrected chi connectivity index (χ1v) is 9.77. The highest BCUT2D eigenvalue weighted by atomic mass is 32.1. The number of aryl methyl sites for hydroxylation is 1. The second-order valence-electron chi connectivity index (χ2n) is 6.06. The molecule has 2 aromatic carbocycles. The predicted octanol–water partition coefficient (Wildman–Crippen LogP) is 3.01. The summed E-state index contributed by atoms with van der Waals surface area (Å²) in [5.41, 5.74) is 0.972. The van der Waals surface area contributed by atoms with Gasteiger partial charge in [-0.25, -0.2) is 0 Å². The summed E-state index contributed by atoms with van der Waals surface area (Å²) in [5, 5.41) is 0. The number of benzene rings is 2. The van der Waals surface area contributed by atoms with Gasteiger partial charge in [-0.3, -0.25) is 4.79 Å². The summed E-state index contributed by atoms with van der Waals surface area (Å²) in [6.07, 6.45) is 0.